The van der Waals surface area contributed by atoms with Gasteiger partial charge in [-0.15, -0.1) is 0 Å². The number of hydrogen-bond acceptors (Lipinski definition) is 4. The fraction of sp³-hybridized carbons (Fsp3) is 0.200. The molecule has 2 aromatic rings. The van der Waals surface area contributed by atoms with Gasteiger partial charge < -0.3 is 5.32 Å². The van der Waals surface area contributed by atoms with Gasteiger partial charge in [-0.3, -0.25) is 4.79 Å². The summed E-state index contributed by atoms with van der Waals surface area (Å²) in [6.07, 6.45) is 1.64. The molecule has 2 heterocycles. The molecule has 0 radical (unpaired) electrons. The van der Waals surface area contributed by atoms with Gasteiger partial charge in [0.05, 0.1) is 0 Å². The maximum absolute atomic E-state index is 11.3. The van der Waals surface area contributed by atoms with Gasteiger partial charge in [-0.1, -0.05) is 11.6 Å². The SMILES string of the molecule is CNC(=O)c1ccn(-c2cc(Cl)nc(C)n2)n1. The van der Waals surface area contributed by atoms with Gasteiger partial charge in [0.25, 0.3) is 5.91 Å². The van der Waals surface area contributed by atoms with Crippen LogP contribution in [0.25, 0.3) is 5.82 Å². The standard InChI is InChI=1S/C10H10ClN5O/c1-6-13-8(11)5-9(14-6)16-4-3-7(15-16)10(17)12-2/h3-5H,1-2H3,(H,12,17). The molecule has 17 heavy (non-hydrogen) atoms. The first-order valence-electron chi connectivity index (χ1n) is 4.89. The number of nitrogens with one attached hydrogen (secondary N) is 1. The van der Waals surface area contributed by atoms with E-state index in [1.54, 1.807) is 32.3 Å². The molecule has 7 heteroatoms. The Labute approximate surface area is 103 Å². The highest BCUT2D eigenvalue weighted by molar-refractivity contribution is 6.29. The van der Waals surface area contributed by atoms with Crippen LogP contribution in [0.4, 0.5) is 0 Å². The Kier molecular flexibility index (Phi) is 3.06. The molecule has 1 amide bonds. The summed E-state index contributed by atoms with van der Waals surface area (Å²) in [5.41, 5.74) is 0.319. The second-order valence-electron chi connectivity index (χ2n) is 3.32. The van der Waals surface area contributed by atoms with E-state index < -0.39 is 0 Å². The zero-order valence-electron chi connectivity index (χ0n) is 9.31. The lowest BCUT2D eigenvalue weighted by Gasteiger charge is -2.01. The predicted octanol–water partition coefficient (Wildman–Crippen LogP) is 0.984. The second kappa shape index (κ2) is 4.50. The molecule has 2 aromatic heterocycles. The lowest BCUT2D eigenvalue weighted by Crippen LogP contribution is -2.18. The number of carbonyl (C=O) groups is 1. The molecule has 0 aromatic carbocycles. The summed E-state index contributed by atoms with van der Waals surface area (Å²) in [7, 11) is 1.55. The van der Waals surface area contributed by atoms with Crippen molar-refractivity contribution in [2.75, 3.05) is 7.05 Å². The van der Waals surface area contributed by atoms with Gasteiger partial charge in [-0.05, 0) is 13.0 Å². The molecular weight excluding hydrogens is 242 g/mol. The fourth-order valence-corrected chi connectivity index (χ4v) is 1.55. The second-order valence-corrected chi connectivity index (χ2v) is 3.71. The molecule has 0 aliphatic carbocycles. The summed E-state index contributed by atoms with van der Waals surface area (Å²) in [6.45, 7) is 1.73. The van der Waals surface area contributed by atoms with Gasteiger partial charge in [0.2, 0.25) is 0 Å². The molecule has 0 aliphatic heterocycles. The Morgan fingerprint density at radius 3 is 2.88 bits per heavy atom. The molecular formula is C10H10ClN5O. The van der Waals surface area contributed by atoms with E-state index in [1.165, 1.54) is 4.68 Å². The van der Waals surface area contributed by atoms with Crippen molar-refractivity contribution in [3.63, 3.8) is 0 Å². The topological polar surface area (TPSA) is 72.7 Å². The number of carbonyl (C=O) groups excluding carboxylic acids is 1. The highest BCUT2D eigenvalue weighted by atomic mass is 35.5. The molecule has 0 atom stereocenters. The van der Waals surface area contributed by atoms with E-state index in [4.69, 9.17) is 11.6 Å². The Bertz CT molecular complexity index is 545. The molecule has 6 nitrogen and oxygen atoms in total. The van der Waals surface area contributed by atoms with Crippen LogP contribution in [0.15, 0.2) is 18.3 Å². The van der Waals surface area contributed by atoms with E-state index in [9.17, 15) is 4.79 Å². The van der Waals surface area contributed by atoms with Gasteiger partial charge in [0.1, 0.15) is 11.0 Å². The zero-order chi connectivity index (χ0) is 12.4. The van der Waals surface area contributed by atoms with Crippen LogP contribution in [-0.2, 0) is 0 Å². The Balaban J connectivity index is 2.40. The van der Waals surface area contributed by atoms with Crippen molar-refractivity contribution >= 4 is 17.5 Å². The van der Waals surface area contributed by atoms with Gasteiger partial charge in [-0.2, -0.15) is 5.10 Å². The predicted molar refractivity (Wildman–Crippen MR) is 62.3 cm³/mol. The van der Waals surface area contributed by atoms with Crippen molar-refractivity contribution in [2.45, 2.75) is 6.92 Å². The van der Waals surface area contributed by atoms with Crippen LogP contribution in [0, 0.1) is 6.92 Å². The summed E-state index contributed by atoms with van der Waals surface area (Å²) in [5, 5.41) is 6.92. The highest BCUT2D eigenvalue weighted by Crippen LogP contribution is 2.11. The van der Waals surface area contributed by atoms with Crippen LogP contribution < -0.4 is 5.32 Å². The summed E-state index contributed by atoms with van der Waals surface area (Å²) in [5.74, 6) is 0.822. The van der Waals surface area contributed by atoms with E-state index in [-0.39, 0.29) is 5.91 Å². The average Bonchev–Trinajstić information content (AvgIpc) is 2.76. The largest absolute Gasteiger partial charge is 0.354 e. The van der Waals surface area contributed by atoms with Crippen LogP contribution >= 0.6 is 11.6 Å². The van der Waals surface area contributed by atoms with Crippen molar-refractivity contribution < 1.29 is 4.79 Å². The minimum Gasteiger partial charge on any atom is -0.354 e. The van der Waals surface area contributed by atoms with Gasteiger partial charge in [0.15, 0.2) is 11.5 Å². The Hall–Kier alpha value is -1.95. The lowest BCUT2D eigenvalue weighted by atomic mass is 10.4. The maximum atomic E-state index is 11.3. The van der Waals surface area contributed by atoms with E-state index in [1.807, 2.05) is 0 Å². The monoisotopic (exact) mass is 251 g/mol. The number of aromatic nitrogens is 4. The molecule has 0 saturated carbocycles. The fourth-order valence-electron chi connectivity index (χ4n) is 1.33. The first-order valence-corrected chi connectivity index (χ1v) is 5.27. The van der Waals surface area contributed by atoms with Crippen LogP contribution in [0.2, 0.25) is 5.15 Å². The van der Waals surface area contributed by atoms with Crippen LogP contribution in [-0.4, -0.2) is 32.7 Å². The smallest absolute Gasteiger partial charge is 0.271 e. The van der Waals surface area contributed by atoms with Gasteiger partial charge in [0, 0.05) is 19.3 Å². The van der Waals surface area contributed by atoms with Crippen LogP contribution in [0.1, 0.15) is 16.3 Å². The highest BCUT2D eigenvalue weighted by Gasteiger charge is 2.09. The molecule has 0 aliphatic rings. The van der Waals surface area contributed by atoms with E-state index in [0.29, 0.717) is 22.5 Å². The molecule has 88 valence electrons. The van der Waals surface area contributed by atoms with Crippen molar-refractivity contribution in [2.24, 2.45) is 0 Å². The summed E-state index contributed by atoms with van der Waals surface area (Å²) in [6, 6.07) is 3.18. The lowest BCUT2D eigenvalue weighted by molar-refractivity contribution is 0.0957. The molecule has 1 N–H and O–H groups in total. The van der Waals surface area contributed by atoms with Crippen LogP contribution in [0.3, 0.4) is 0 Å². The third-order valence-corrected chi connectivity index (χ3v) is 2.27. The van der Waals surface area contributed by atoms with E-state index >= 15 is 0 Å². The number of halogens is 1. The first-order chi connectivity index (χ1) is 8.10. The minimum absolute atomic E-state index is 0.249. The van der Waals surface area contributed by atoms with Crippen molar-refractivity contribution in [3.8, 4) is 5.82 Å². The molecule has 2 rings (SSSR count). The van der Waals surface area contributed by atoms with Gasteiger partial charge in [-0.25, -0.2) is 14.6 Å². The van der Waals surface area contributed by atoms with E-state index in [2.05, 4.69) is 20.4 Å². The van der Waals surface area contributed by atoms with Crippen molar-refractivity contribution in [1.82, 2.24) is 25.1 Å². The maximum Gasteiger partial charge on any atom is 0.271 e. The molecule has 0 saturated heterocycles. The van der Waals surface area contributed by atoms with Gasteiger partial charge >= 0.3 is 0 Å². The number of nitrogens with zero attached hydrogens (tertiary/aromatic N) is 4. The van der Waals surface area contributed by atoms with Crippen molar-refractivity contribution in [1.29, 1.82) is 0 Å². The summed E-state index contributed by atoms with van der Waals surface area (Å²) in [4.78, 5) is 19.5. The number of hydrogen-bond donors (Lipinski definition) is 1. The first kappa shape index (κ1) is 11.5. The molecule has 0 unspecified atom stereocenters. The third-order valence-electron chi connectivity index (χ3n) is 2.08. The number of amides is 1. The average molecular weight is 252 g/mol. The summed E-state index contributed by atoms with van der Waals surface area (Å²) >= 11 is 5.83. The third kappa shape index (κ3) is 2.42. The van der Waals surface area contributed by atoms with E-state index in [0.717, 1.165) is 0 Å². The minimum atomic E-state index is -0.249. The quantitative estimate of drug-likeness (QED) is 0.808. The number of aryl methyl sites for hydroxylation is 1. The number of rotatable bonds is 2. The molecule has 0 bridgehead atoms. The Morgan fingerprint density at radius 1 is 1.47 bits per heavy atom. The Morgan fingerprint density at radius 2 is 2.24 bits per heavy atom. The van der Waals surface area contributed by atoms with Crippen molar-refractivity contribution in [3.05, 3.63) is 35.0 Å². The molecule has 0 fully saturated rings. The van der Waals surface area contributed by atoms with Crippen LogP contribution in [0.5, 0.6) is 0 Å². The molecule has 0 spiro atoms. The summed E-state index contributed by atoms with van der Waals surface area (Å²) < 4.78 is 1.48. The zero-order valence-corrected chi connectivity index (χ0v) is 10.1. The normalized spacial score (nSPS) is 10.3.